The molecule has 0 bridgehead atoms. The first-order valence-corrected chi connectivity index (χ1v) is 5.64. The zero-order chi connectivity index (χ0) is 14.5. The average molecular weight is 274 g/mol. The van der Waals surface area contributed by atoms with Crippen LogP contribution in [0.3, 0.4) is 0 Å². The van der Waals surface area contributed by atoms with Crippen LogP contribution >= 0.6 is 0 Å². The molecule has 7 nitrogen and oxygen atoms in total. The van der Waals surface area contributed by atoms with Crippen LogP contribution in [0.1, 0.15) is 13.8 Å². The van der Waals surface area contributed by atoms with E-state index in [9.17, 15) is 9.59 Å². The van der Waals surface area contributed by atoms with Crippen LogP contribution in [-0.4, -0.2) is 50.9 Å². The second-order valence-electron chi connectivity index (χ2n) is 4.03. The van der Waals surface area contributed by atoms with Crippen LogP contribution in [0.4, 0.5) is 0 Å². The summed E-state index contributed by atoms with van der Waals surface area (Å²) in [4.78, 5) is 21.7. The number of hydrogen-bond acceptors (Lipinski definition) is 7. The monoisotopic (exact) mass is 274 g/mol. The summed E-state index contributed by atoms with van der Waals surface area (Å²) >= 11 is 0. The summed E-state index contributed by atoms with van der Waals surface area (Å²) in [5.74, 6) is -3.41. The second-order valence-corrected chi connectivity index (χ2v) is 4.03. The highest BCUT2D eigenvalue weighted by Gasteiger charge is 2.47. The van der Waals surface area contributed by atoms with Crippen LogP contribution in [0.25, 0.3) is 0 Å². The quantitative estimate of drug-likeness (QED) is 0.511. The first-order valence-electron chi connectivity index (χ1n) is 5.64. The highest BCUT2D eigenvalue weighted by Crippen LogP contribution is 2.33. The van der Waals surface area contributed by atoms with Crippen LogP contribution < -0.4 is 0 Å². The Kier molecular flexibility index (Phi) is 5.04. The van der Waals surface area contributed by atoms with Gasteiger partial charge < -0.3 is 23.7 Å². The van der Waals surface area contributed by atoms with E-state index in [1.807, 2.05) is 0 Å². The Morgan fingerprint density at radius 2 is 1.32 bits per heavy atom. The van der Waals surface area contributed by atoms with Gasteiger partial charge >= 0.3 is 11.9 Å². The Morgan fingerprint density at radius 3 is 1.58 bits per heavy atom. The molecule has 0 amide bonds. The number of ether oxygens (including phenoxy) is 5. The molecule has 0 aromatic carbocycles. The van der Waals surface area contributed by atoms with Gasteiger partial charge in [0.15, 0.2) is 0 Å². The topological polar surface area (TPSA) is 80.3 Å². The van der Waals surface area contributed by atoms with E-state index >= 15 is 0 Å². The molecule has 0 aromatic heterocycles. The predicted octanol–water partition coefficient (Wildman–Crippen LogP) is 0.384. The van der Waals surface area contributed by atoms with Gasteiger partial charge in [0.05, 0.1) is 0 Å². The maximum atomic E-state index is 10.8. The molecule has 1 heterocycles. The van der Waals surface area contributed by atoms with Gasteiger partial charge in [0.2, 0.25) is 11.6 Å². The van der Waals surface area contributed by atoms with E-state index in [1.54, 1.807) is 12.2 Å². The molecule has 2 unspecified atom stereocenters. The number of rotatable bonds is 6. The fourth-order valence-electron chi connectivity index (χ4n) is 1.51. The molecule has 1 rings (SSSR count). The molecule has 0 saturated carbocycles. The van der Waals surface area contributed by atoms with Crippen LogP contribution in [0, 0.1) is 0 Å². The zero-order valence-electron chi connectivity index (χ0n) is 11.4. The van der Waals surface area contributed by atoms with E-state index in [0.29, 0.717) is 0 Å². The smallest absolute Gasteiger partial charge is 0.302 e. The van der Waals surface area contributed by atoms with Gasteiger partial charge in [-0.15, -0.1) is 0 Å². The standard InChI is InChI=1S/C12H18O7/c1-9(13)17-7-11(15-3)5-6-12(16-4,19-11)8-18-10(2)14/h5-6H,7-8H2,1-4H3. The maximum Gasteiger partial charge on any atom is 0.302 e. The molecule has 0 aliphatic carbocycles. The fraction of sp³-hybridized carbons (Fsp3) is 0.667. The Bertz CT molecular complexity index is 344. The third-order valence-corrected chi connectivity index (χ3v) is 2.58. The Labute approximate surface area is 111 Å². The molecule has 0 saturated heterocycles. The molecule has 19 heavy (non-hydrogen) atoms. The number of esters is 2. The van der Waals surface area contributed by atoms with Crippen molar-refractivity contribution in [2.45, 2.75) is 25.4 Å². The van der Waals surface area contributed by atoms with Gasteiger partial charge in [0.1, 0.15) is 13.2 Å². The molecule has 1 aliphatic rings. The SMILES string of the molecule is COC1(COC(C)=O)C=CC(COC(C)=O)(OC)O1. The van der Waals surface area contributed by atoms with Gasteiger partial charge in [-0.2, -0.15) is 0 Å². The maximum absolute atomic E-state index is 10.8. The summed E-state index contributed by atoms with van der Waals surface area (Å²) < 4.78 is 25.8. The van der Waals surface area contributed by atoms with Crippen molar-refractivity contribution < 1.29 is 33.3 Å². The summed E-state index contributed by atoms with van der Waals surface area (Å²) in [7, 11) is 2.82. The molecule has 0 N–H and O–H groups in total. The molecule has 7 heteroatoms. The lowest BCUT2D eigenvalue weighted by Gasteiger charge is -2.32. The van der Waals surface area contributed by atoms with Crippen molar-refractivity contribution in [2.24, 2.45) is 0 Å². The number of hydrogen-bond donors (Lipinski definition) is 0. The van der Waals surface area contributed by atoms with Crippen molar-refractivity contribution in [3.63, 3.8) is 0 Å². The van der Waals surface area contributed by atoms with Crippen molar-refractivity contribution >= 4 is 11.9 Å². The summed E-state index contributed by atoms with van der Waals surface area (Å²) in [5.41, 5.74) is 0. The summed E-state index contributed by atoms with van der Waals surface area (Å²) in [6, 6.07) is 0. The van der Waals surface area contributed by atoms with Crippen molar-refractivity contribution in [3.05, 3.63) is 12.2 Å². The summed E-state index contributed by atoms with van der Waals surface area (Å²) in [6.45, 7) is 2.32. The van der Waals surface area contributed by atoms with E-state index < -0.39 is 23.5 Å². The van der Waals surface area contributed by atoms with Gasteiger partial charge in [-0.25, -0.2) is 0 Å². The van der Waals surface area contributed by atoms with E-state index in [0.717, 1.165) is 0 Å². The molecule has 108 valence electrons. The van der Waals surface area contributed by atoms with Crippen LogP contribution in [-0.2, 0) is 33.3 Å². The normalized spacial score (nSPS) is 29.3. The minimum atomic E-state index is -1.25. The number of carbonyl (C=O) groups excluding carboxylic acids is 2. The van der Waals surface area contributed by atoms with E-state index in [-0.39, 0.29) is 13.2 Å². The Morgan fingerprint density at radius 1 is 0.947 bits per heavy atom. The summed E-state index contributed by atoms with van der Waals surface area (Å²) in [6.07, 6.45) is 3.12. The van der Waals surface area contributed by atoms with E-state index in [4.69, 9.17) is 23.7 Å². The van der Waals surface area contributed by atoms with Gasteiger partial charge in [0.25, 0.3) is 0 Å². The highest BCUT2D eigenvalue weighted by atomic mass is 16.8. The van der Waals surface area contributed by atoms with Crippen LogP contribution in [0.5, 0.6) is 0 Å². The van der Waals surface area contributed by atoms with Gasteiger partial charge in [-0.05, 0) is 12.2 Å². The van der Waals surface area contributed by atoms with E-state index in [2.05, 4.69) is 0 Å². The zero-order valence-corrected chi connectivity index (χ0v) is 11.4. The lowest BCUT2D eigenvalue weighted by Crippen LogP contribution is -2.45. The number of carbonyl (C=O) groups is 2. The van der Waals surface area contributed by atoms with Gasteiger partial charge in [-0.3, -0.25) is 9.59 Å². The first-order chi connectivity index (χ1) is 8.87. The third kappa shape index (κ3) is 4.02. The number of methoxy groups -OCH3 is 2. The molecular formula is C12H18O7. The molecule has 0 fully saturated rings. The molecule has 0 radical (unpaired) electrons. The highest BCUT2D eigenvalue weighted by molar-refractivity contribution is 5.66. The minimum Gasteiger partial charge on any atom is -0.460 e. The Hall–Kier alpha value is -1.44. The molecule has 0 spiro atoms. The lowest BCUT2D eigenvalue weighted by molar-refractivity contribution is -0.313. The molecular weight excluding hydrogens is 256 g/mol. The average Bonchev–Trinajstić information content (AvgIpc) is 2.75. The summed E-state index contributed by atoms with van der Waals surface area (Å²) in [5, 5.41) is 0. The van der Waals surface area contributed by atoms with Crippen molar-refractivity contribution in [1.29, 1.82) is 0 Å². The Balaban J connectivity index is 2.73. The molecule has 2 atom stereocenters. The van der Waals surface area contributed by atoms with Crippen molar-refractivity contribution in [1.82, 2.24) is 0 Å². The van der Waals surface area contributed by atoms with Crippen molar-refractivity contribution in [2.75, 3.05) is 27.4 Å². The predicted molar refractivity (Wildman–Crippen MR) is 63.0 cm³/mol. The van der Waals surface area contributed by atoms with E-state index in [1.165, 1.54) is 28.1 Å². The van der Waals surface area contributed by atoms with Crippen LogP contribution in [0.2, 0.25) is 0 Å². The van der Waals surface area contributed by atoms with Gasteiger partial charge in [-0.1, -0.05) is 0 Å². The van der Waals surface area contributed by atoms with Crippen molar-refractivity contribution in [3.8, 4) is 0 Å². The second kappa shape index (κ2) is 6.14. The van der Waals surface area contributed by atoms with Crippen LogP contribution in [0.15, 0.2) is 12.2 Å². The molecule has 1 aliphatic heterocycles. The lowest BCUT2D eigenvalue weighted by atomic mass is 10.2. The minimum absolute atomic E-state index is 0.124. The largest absolute Gasteiger partial charge is 0.460 e. The molecule has 0 aromatic rings. The third-order valence-electron chi connectivity index (χ3n) is 2.58. The first kappa shape index (κ1) is 15.6. The fourth-order valence-corrected chi connectivity index (χ4v) is 1.51. The van der Waals surface area contributed by atoms with Gasteiger partial charge in [0, 0.05) is 28.1 Å².